The molecule has 0 radical (unpaired) electrons. The number of aldehydes is 1. The molecule has 0 aliphatic heterocycles. The Labute approximate surface area is 174 Å². The maximum atomic E-state index is 10.9. The van der Waals surface area contributed by atoms with E-state index in [9.17, 15) is 9.59 Å². The number of aliphatic hydroxyl groups is 1. The number of hydrogen-bond donors (Lipinski definition) is 2. The molecule has 0 aliphatic carbocycles. The van der Waals surface area contributed by atoms with Crippen LogP contribution < -0.4 is 0 Å². The fraction of sp³-hybridized carbons (Fsp3) is 0.583. The van der Waals surface area contributed by atoms with E-state index in [1.807, 2.05) is 0 Å². The van der Waals surface area contributed by atoms with Crippen molar-refractivity contribution in [2.75, 3.05) is 0 Å². The van der Waals surface area contributed by atoms with Crippen LogP contribution in [0, 0.1) is 0 Å². The highest BCUT2D eigenvalue weighted by Crippen LogP contribution is 2.17. The number of aliphatic hydroxyl groups excluding tert-OH is 1. The average Bonchev–Trinajstić information content (AvgIpc) is 3.12. The van der Waals surface area contributed by atoms with E-state index in [-0.39, 0.29) is 6.61 Å². The van der Waals surface area contributed by atoms with E-state index in [1.165, 1.54) is 12.8 Å². The summed E-state index contributed by atoms with van der Waals surface area (Å²) in [5.41, 5.74) is 0.894. The summed E-state index contributed by atoms with van der Waals surface area (Å²) in [6.07, 6.45) is 22.4. The van der Waals surface area contributed by atoms with Gasteiger partial charge in [-0.05, 0) is 57.4 Å². The summed E-state index contributed by atoms with van der Waals surface area (Å²) in [7, 11) is 0. The molecule has 1 rings (SSSR count). The summed E-state index contributed by atoms with van der Waals surface area (Å²) in [6.45, 7) is -0.172. The van der Waals surface area contributed by atoms with Crippen LogP contribution in [0.5, 0.6) is 0 Å². The van der Waals surface area contributed by atoms with E-state index in [1.54, 1.807) is 6.07 Å². The predicted molar refractivity (Wildman–Crippen MR) is 115 cm³/mol. The molecule has 0 aliphatic rings. The number of allylic oxidation sites excluding steroid dienone is 4. The van der Waals surface area contributed by atoms with E-state index < -0.39 is 5.97 Å². The lowest BCUT2D eigenvalue weighted by Gasteiger charge is -1.98. The van der Waals surface area contributed by atoms with E-state index in [0.717, 1.165) is 69.8 Å². The van der Waals surface area contributed by atoms with Crippen molar-refractivity contribution in [2.24, 2.45) is 0 Å². The van der Waals surface area contributed by atoms with E-state index in [0.29, 0.717) is 24.2 Å². The Bertz CT molecular complexity index is 627. The number of hydrogen-bond acceptors (Lipinski definition) is 4. The van der Waals surface area contributed by atoms with Gasteiger partial charge in [0.25, 0.3) is 0 Å². The number of carboxylic acid groups (broad SMARTS) is 1. The fourth-order valence-corrected chi connectivity index (χ4v) is 3.20. The molecule has 1 aromatic rings. The molecule has 5 heteroatoms. The number of furan rings is 1. The van der Waals surface area contributed by atoms with Crippen molar-refractivity contribution in [3.63, 3.8) is 0 Å². The monoisotopic (exact) mass is 404 g/mol. The maximum Gasteiger partial charge on any atom is 0.303 e. The van der Waals surface area contributed by atoms with Crippen LogP contribution >= 0.6 is 0 Å². The lowest BCUT2D eigenvalue weighted by Crippen LogP contribution is -1.93. The summed E-state index contributed by atoms with van der Waals surface area (Å²) in [5, 5.41) is 17.6. The Morgan fingerprint density at radius 1 is 0.897 bits per heavy atom. The second-order valence-electron chi connectivity index (χ2n) is 7.36. The number of aryl methyl sites for hydroxylation is 1. The van der Waals surface area contributed by atoms with Crippen molar-refractivity contribution < 1.29 is 24.2 Å². The van der Waals surface area contributed by atoms with Gasteiger partial charge >= 0.3 is 5.97 Å². The molecule has 5 nitrogen and oxygen atoms in total. The van der Waals surface area contributed by atoms with E-state index in [4.69, 9.17) is 14.6 Å². The zero-order valence-electron chi connectivity index (χ0n) is 17.5. The van der Waals surface area contributed by atoms with Crippen molar-refractivity contribution in [1.29, 1.82) is 0 Å². The summed E-state index contributed by atoms with van der Waals surface area (Å²) in [6, 6.07) is 1.77. The smallest absolute Gasteiger partial charge is 0.303 e. The van der Waals surface area contributed by atoms with Crippen molar-refractivity contribution in [1.82, 2.24) is 0 Å². The topological polar surface area (TPSA) is 87.7 Å². The van der Waals surface area contributed by atoms with Crippen molar-refractivity contribution in [3.8, 4) is 0 Å². The van der Waals surface area contributed by atoms with Gasteiger partial charge in [-0.3, -0.25) is 9.59 Å². The number of aliphatic carboxylic acids is 1. The molecule has 0 saturated carbocycles. The molecule has 0 unspecified atom stereocenters. The van der Waals surface area contributed by atoms with Gasteiger partial charge in [0.1, 0.15) is 12.4 Å². The largest absolute Gasteiger partial charge is 0.481 e. The Kier molecular flexibility index (Phi) is 14.4. The molecule has 0 amide bonds. The number of rotatable bonds is 18. The summed E-state index contributed by atoms with van der Waals surface area (Å²) < 4.78 is 5.25. The number of carbonyl (C=O) groups excluding carboxylic acids is 1. The first-order chi connectivity index (χ1) is 14.2. The van der Waals surface area contributed by atoms with Crippen LogP contribution in [0.3, 0.4) is 0 Å². The lowest BCUT2D eigenvalue weighted by atomic mass is 10.1. The van der Waals surface area contributed by atoms with Crippen LogP contribution in [0.4, 0.5) is 0 Å². The molecule has 0 aromatic carbocycles. The third kappa shape index (κ3) is 12.8. The average molecular weight is 405 g/mol. The first-order valence-electron chi connectivity index (χ1n) is 10.9. The van der Waals surface area contributed by atoms with Gasteiger partial charge in [-0.25, -0.2) is 0 Å². The standard InChI is InChI=1S/C24H36O5/c25-19-22-18-21(23(20-26)29-22)16-14-12-10-8-6-4-2-1-3-5-7-9-11-13-15-17-24(27)28/h1,3-4,6,18,20,25H,2,5,7-17,19H2,(H,27,28). The van der Waals surface area contributed by atoms with Crippen LogP contribution in [0.15, 0.2) is 34.8 Å². The molecule has 1 heterocycles. The first kappa shape index (κ1) is 24.9. The zero-order chi connectivity index (χ0) is 21.2. The van der Waals surface area contributed by atoms with Crippen LogP contribution in [0.1, 0.15) is 98.9 Å². The number of unbranched alkanes of at least 4 members (excludes halogenated alkanes) is 8. The second kappa shape index (κ2) is 16.8. The maximum absolute atomic E-state index is 10.9. The van der Waals surface area contributed by atoms with E-state index in [2.05, 4.69) is 24.3 Å². The Morgan fingerprint density at radius 2 is 1.52 bits per heavy atom. The number of carbonyl (C=O) groups is 2. The van der Waals surface area contributed by atoms with Crippen molar-refractivity contribution in [2.45, 2.75) is 90.1 Å². The third-order valence-electron chi connectivity index (χ3n) is 4.84. The van der Waals surface area contributed by atoms with Crippen LogP contribution in [-0.4, -0.2) is 22.5 Å². The first-order valence-corrected chi connectivity index (χ1v) is 10.9. The molecule has 0 atom stereocenters. The molecule has 2 N–H and O–H groups in total. The number of carboxylic acids is 1. The molecule has 0 bridgehead atoms. The molecule has 0 spiro atoms. The molecule has 0 saturated heterocycles. The zero-order valence-corrected chi connectivity index (χ0v) is 17.5. The molecular weight excluding hydrogens is 368 g/mol. The Balaban J connectivity index is 1.94. The lowest BCUT2D eigenvalue weighted by molar-refractivity contribution is -0.137. The van der Waals surface area contributed by atoms with Gasteiger partial charge in [-0.15, -0.1) is 0 Å². The second-order valence-corrected chi connectivity index (χ2v) is 7.36. The Hall–Kier alpha value is -2.14. The highest BCUT2D eigenvalue weighted by molar-refractivity contribution is 5.73. The van der Waals surface area contributed by atoms with Gasteiger partial charge in [0, 0.05) is 12.0 Å². The van der Waals surface area contributed by atoms with Crippen LogP contribution in [0.25, 0.3) is 0 Å². The van der Waals surface area contributed by atoms with Gasteiger partial charge in [0.15, 0.2) is 12.0 Å². The van der Waals surface area contributed by atoms with Crippen LogP contribution in [-0.2, 0) is 17.8 Å². The van der Waals surface area contributed by atoms with Crippen molar-refractivity contribution >= 4 is 12.3 Å². The van der Waals surface area contributed by atoms with E-state index >= 15 is 0 Å². The minimum atomic E-state index is -0.694. The fourth-order valence-electron chi connectivity index (χ4n) is 3.20. The van der Waals surface area contributed by atoms with Gasteiger partial charge in [0.2, 0.25) is 0 Å². The molecule has 29 heavy (non-hydrogen) atoms. The predicted octanol–water partition coefficient (Wildman–Crippen LogP) is 6.01. The highest BCUT2D eigenvalue weighted by atomic mass is 16.4. The van der Waals surface area contributed by atoms with Gasteiger partial charge in [0.05, 0.1) is 0 Å². The quantitative estimate of drug-likeness (QED) is 0.178. The van der Waals surface area contributed by atoms with Crippen LogP contribution in [0.2, 0.25) is 0 Å². The summed E-state index contributed by atoms with van der Waals surface area (Å²) in [4.78, 5) is 21.3. The normalized spacial score (nSPS) is 11.6. The minimum absolute atomic E-state index is 0.172. The minimum Gasteiger partial charge on any atom is -0.481 e. The molecule has 0 fully saturated rings. The van der Waals surface area contributed by atoms with Gasteiger partial charge < -0.3 is 14.6 Å². The molecular formula is C24H36O5. The van der Waals surface area contributed by atoms with Crippen molar-refractivity contribution in [3.05, 3.63) is 47.5 Å². The van der Waals surface area contributed by atoms with Gasteiger partial charge in [-0.2, -0.15) is 0 Å². The summed E-state index contributed by atoms with van der Waals surface area (Å²) >= 11 is 0. The molecule has 162 valence electrons. The third-order valence-corrected chi connectivity index (χ3v) is 4.84. The SMILES string of the molecule is O=Cc1oc(CO)cc1CCCCCC=CCC=CCCCCCCCC(=O)O. The summed E-state index contributed by atoms with van der Waals surface area (Å²) in [5.74, 6) is 0.105. The van der Waals surface area contributed by atoms with Gasteiger partial charge in [-0.1, -0.05) is 50.0 Å². The Morgan fingerprint density at radius 3 is 2.14 bits per heavy atom. The molecule has 1 aromatic heterocycles. The highest BCUT2D eigenvalue weighted by Gasteiger charge is 2.09.